The summed E-state index contributed by atoms with van der Waals surface area (Å²) in [5.74, 6) is 0. The number of hydrogen-bond donors (Lipinski definition) is 2. The Morgan fingerprint density at radius 3 is 1.61 bits per heavy atom. The maximum atomic E-state index is 12.5. The average molecular weight is 458 g/mol. The van der Waals surface area contributed by atoms with Gasteiger partial charge in [0, 0.05) is 5.69 Å². The third-order valence-corrected chi connectivity index (χ3v) is 7.17. The number of aryl methyl sites for hydroxylation is 2. The molecule has 0 heterocycles. The lowest BCUT2D eigenvalue weighted by atomic mass is 10.1. The van der Waals surface area contributed by atoms with Gasteiger partial charge in [0.05, 0.1) is 15.5 Å². The number of anilines is 1. The fourth-order valence-corrected chi connectivity index (χ4v) is 4.59. The van der Waals surface area contributed by atoms with Gasteiger partial charge in [0.15, 0.2) is 0 Å². The maximum Gasteiger partial charge on any atom is 0.276 e. The van der Waals surface area contributed by atoms with E-state index in [1.807, 2.05) is 13.8 Å². The Morgan fingerprint density at radius 1 is 0.677 bits per heavy atom. The predicted molar refractivity (Wildman–Crippen MR) is 122 cm³/mol. The number of rotatable bonds is 7. The second kappa shape index (κ2) is 8.91. The number of nitrogens with zero attached hydrogens (tertiary/aromatic N) is 1. The lowest BCUT2D eigenvalue weighted by Crippen LogP contribution is -2.20. The molecular weight excluding hydrogens is 434 g/mol. The number of sulfonamides is 2. The van der Waals surface area contributed by atoms with Crippen molar-refractivity contribution in [1.82, 2.24) is 4.83 Å². The largest absolute Gasteiger partial charge is 0.280 e. The minimum absolute atomic E-state index is 0.121. The summed E-state index contributed by atoms with van der Waals surface area (Å²) in [6, 6.07) is 19.5. The summed E-state index contributed by atoms with van der Waals surface area (Å²) in [6.07, 6.45) is 0. The van der Waals surface area contributed by atoms with Crippen LogP contribution in [0.5, 0.6) is 0 Å². The highest BCUT2D eigenvalue weighted by molar-refractivity contribution is 7.92. The first-order valence-corrected chi connectivity index (χ1v) is 12.4. The molecule has 0 bridgehead atoms. The van der Waals surface area contributed by atoms with E-state index >= 15 is 0 Å². The van der Waals surface area contributed by atoms with E-state index in [0.717, 1.165) is 11.1 Å². The molecule has 31 heavy (non-hydrogen) atoms. The predicted octanol–water partition coefficient (Wildman–Crippen LogP) is 3.81. The van der Waals surface area contributed by atoms with Crippen molar-refractivity contribution in [1.29, 1.82) is 0 Å². The van der Waals surface area contributed by atoms with Crippen LogP contribution < -0.4 is 9.55 Å². The molecule has 7 nitrogen and oxygen atoms in total. The molecule has 0 saturated heterocycles. The van der Waals surface area contributed by atoms with Gasteiger partial charge in [0.2, 0.25) is 0 Å². The van der Waals surface area contributed by atoms with Crippen molar-refractivity contribution in [2.45, 2.75) is 30.6 Å². The summed E-state index contributed by atoms with van der Waals surface area (Å²) in [4.78, 5) is 2.51. The van der Waals surface area contributed by atoms with E-state index in [4.69, 9.17) is 0 Å². The Bertz CT molecular complexity index is 1300. The van der Waals surface area contributed by atoms with Crippen molar-refractivity contribution in [2.24, 2.45) is 5.10 Å². The van der Waals surface area contributed by atoms with E-state index in [2.05, 4.69) is 14.7 Å². The molecular formula is C22H23N3O4S2. The number of benzene rings is 3. The lowest BCUT2D eigenvalue weighted by Gasteiger charge is -2.09. The van der Waals surface area contributed by atoms with Gasteiger partial charge in [0.25, 0.3) is 20.0 Å². The van der Waals surface area contributed by atoms with Crippen LogP contribution in [0.25, 0.3) is 0 Å². The molecule has 0 unspecified atom stereocenters. The van der Waals surface area contributed by atoms with E-state index in [-0.39, 0.29) is 9.79 Å². The van der Waals surface area contributed by atoms with Gasteiger partial charge in [-0.05, 0) is 62.7 Å². The van der Waals surface area contributed by atoms with Gasteiger partial charge in [-0.15, -0.1) is 0 Å². The molecule has 2 N–H and O–H groups in total. The molecule has 162 valence electrons. The Hall–Kier alpha value is -3.17. The quantitative estimate of drug-likeness (QED) is 0.416. The number of hydrazone groups is 1. The monoisotopic (exact) mass is 457 g/mol. The van der Waals surface area contributed by atoms with Crippen molar-refractivity contribution >= 4 is 31.4 Å². The van der Waals surface area contributed by atoms with Gasteiger partial charge >= 0.3 is 0 Å². The molecule has 3 aromatic rings. The van der Waals surface area contributed by atoms with Crippen molar-refractivity contribution < 1.29 is 16.8 Å². The van der Waals surface area contributed by atoms with Crippen LogP contribution in [0.15, 0.2) is 87.7 Å². The van der Waals surface area contributed by atoms with Crippen molar-refractivity contribution in [3.05, 3.63) is 89.5 Å². The Balaban J connectivity index is 1.71. The minimum Gasteiger partial charge on any atom is -0.280 e. The van der Waals surface area contributed by atoms with Gasteiger partial charge in [-0.25, -0.2) is 8.42 Å². The maximum absolute atomic E-state index is 12.5. The van der Waals surface area contributed by atoms with Crippen molar-refractivity contribution in [3.8, 4) is 0 Å². The Morgan fingerprint density at radius 2 is 1.13 bits per heavy atom. The van der Waals surface area contributed by atoms with Gasteiger partial charge in [-0.1, -0.05) is 47.5 Å². The van der Waals surface area contributed by atoms with Crippen LogP contribution in [0.3, 0.4) is 0 Å². The molecule has 0 radical (unpaired) electrons. The summed E-state index contributed by atoms with van der Waals surface area (Å²) in [6.45, 7) is 5.41. The van der Waals surface area contributed by atoms with Crippen LogP contribution in [0.2, 0.25) is 0 Å². The van der Waals surface area contributed by atoms with Crippen LogP contribution in [0.1, 0.15) is 23.6 Å². The topological polar surface area (TPSA) is 105 Å². The van der Waals surface area contributed by atoms with Crippen LogP contribution in [0, 0.1) is 13.8 Å². The number of nitrogens with one attached hydrogen (secondary N) is 2. The third-order valence-electron chi connectivity index (χ3n) is 4.55. The zero-order valence-electron chi connectivity index (χ0n) is 17.3. The molecule has 0 aromatic heterocycles. The highest BCUT2D eigenvalue weighted by Gasteiger charge is 2.15. The van der Waals surface area contributed by atoms with Crippen LogP contribution in [-0.2, 0) is 20.0 Å². The number of hydrogen-bond acceptors (Lipinski definition) is 5. The molecule has 0 aliphatic rings. The molecule has 9 heteroatoms. The molecule has 3 rings (SSSR count). The smallest absolute Gasteiger partial charge is 0.276 e. The summed E-state index contributed by atoms with van der Waals surface area (Å²) < 4.78 is 52.2. The summed E-state index contributed by atoms with van der Waals surface area (Å²) in [5, 5.41) is 3.96. The van der Waals surface area contributed by atoms with Crippen LogP contribution in [-0.4, -0.2) is 22.5 Å². The molecule has 0 aliphatic carbocycles. The summed E-state index contributed by atoms with van der Waals surface area (Å²) in [7, 11) is -7.47. The summed E-state index contributed by atoms with van der Waals surface area (Å²) in [5.41, 5.74) is 3.39. The molecule has 3 aromatic carbocycles. The van der Waals surface area contributed by atoms with E-state index < -0.39 is 20.0 Å². The van der Waals surface area contributed by atoms with E-state index in [1.165, 1.54) is 12.1 Å². The van der Waals surface area contributed by atoms with Gasteiger partial charge in [0.1, 0.15) is 0 Å². The second-order valence-electron chi connectivity index (χ2n) is 7.10. The zero-order valence-corrected chi connectivity index (χ0v) is 19.0. The highest BCUT2D eigenvalue weighted by atomic mass is 32.2. The molecule has 0 atom stereocenters. The van der Waals surface area contributed by atoms with Gasteiger partial charge in [-0.2, -0.15) is 18.4 Å². The zero-order chi connectivity index (χ0) is 22.6. The lowest BCUT2D eigenvalue weighted by molar-refractivity contribution is 0.584. The average Bonchev–Trinajstić information content (AvgIpc) is 2.73. The first kappa shape index (κ1) is 22.5. The van der Waals surface area contributed by atoms with Crippen molar-refractivity contribution in [2.75, 3.05) is 4.72 Å². The minimum atomic E-state index is -3.78. The van der Waals surface area contributed by atoms with Gasteiger partial charge in [-0.3, -0.25) is 4.72 Å². The molecule has 0 saturated carbocycles. The standard InChI is InChI=1S/C22H23N3O4S2/c1-16-4-12-21(13-5-16)30(26,27)24-20-10-8-19(9-11-20)18(3)23-25-31(28,29)22-14-6-17(2)7-15-22/h4-15,24-25H,1-3H3/b23-18-. The molecule has 0 amide bonds. The molecule has 0 aliphatic heterocycles. The molecule has 0 fully saturated rings. The van der Waals surface area contributed by atoms with E-state index in [9.17, 15) is 16.8 Å². The third kappa shape index (κ3) is 5.71. The van der Waals surface area contributed by atoms with Gasteiger partial charge < -0.3 is 0 Å². The summed E-state index contributed by atoms with van der Waals surface area (Å²) >= 11 is 0. The first-order chi connectivity index (χ1) is 14.6. The molecule has 0 spiro atoms. The second-order valence-corrected chi connectivity index (χ2v) is 10.4. The normalized spacial score (nSPS) is 12.4. The first-order valence-electron chi connectivity index (χ1n) is 9.39. The fourth-order valence-electron chi connectivity index (χ4n) is 2.67. The Labute approximate surface area is 182 Å². The van der Waals surface area contributed by atoms with Crippen LogP contribution in [0.4, 0.5) is 5.69 Å². The van der Waals surface area contributed by atoms with Crippen LogP contribution >= 0.6 is 0 Å². The van der Waals surface area contributed by atoms with E-state index in [0.29, 0.717) is 17.0 Å². The fraction of sp³-hybridized carbons (Fsp3) is 0.136. The highest BCUT2D eigenvalue weighted by Crippen LogP contribution is 2.18. The SMILES string of the molecule is C/C(=N/NS(=O)(=O)c1ccc(C)cc1)c1ccc(NS(=O)(=O)c2ccc(C)cc2)cc1. The van der Waals surface area contributed by atoms with E-state index in [1.54, 1.807) is 67.6 Å². The Kier molecular flexibility index (Phi) is 6.47. The van der Waals surface area contributed by atoms with Crippen molar-refractivity contribution in [3.63, 3.8) is 0 Å².